The van der Waals surface area contributed by atoms with Crippen LogP contribution in [0.2, 0.25) is 0 Å². The fraction of sp³-hybridized carbons (Fsp3) is 0.387. The van der Waals surface area contributed by atoms with Gasteiger partial charge in [0.1, 0.15) is 11.7 Å². The first-order valence-electron chi connectivity index (χ1n) is 13.1. The van der Waals surface area contributed by atoms with Crippen LogP contribution in [-0.2, 0) is 23.8 Å². The third-order valence-electron chi connectivity index (χ3n) is 9.19. The molecule has 0 bridgehead atoms. The van der Waals surface area contributed by atoms with Crippen LogP contribution in [0.5, 0.6) is 0 Å². The Morgan fingerprint density at radius 1 is 1.10 bits per heavy atom. The van der Waals surface area contributed by atoms with Gasteiger partial charge in [0, 0.05) is 22.8 Å². The highest BCUT2D eigenvalue weighted by Gasteiger charge is 2.65. The summed E-state index contributed by atoms with van der Waals surface area (Å²) < 4.78 is 27.9. The van der Waals surface area contributed by atoms with Gasteiger partial charge in [-0.1, -0.05) is 26.5 Å². The second-order valence-corrected chi connectivity index (χ2v) is 11.3. The van der Waals surface area contributed by atoms with Crippen molar-refractivity contribution in [2.24, 2.45) is 28.6 Å². The van der Waals surface area contributed by atoms with Crippen molar-refractivity contribution in [3.05, 3.63) is 84.4 Å². The Morgan fingerprint density at radius 3 is 2.67 bits per heavy atom. The summed E-state index contributed by atoms with van der Waals surface area (Å²) in [6.07, 6.45) is 7.65. The number of allylic oxidation sites excluding steroid dienone is 2. The number of carbonyl (C=O) groups is 3. The van der Waals surface area contributed by atoms with E-state index in [0.29, 0.717) is 30.6 Å². The third-order valence-corrected chi connectivity index (χ3v) is 9.19. The maximum atomic E-state index is 14.3. The van der Waals surface area contributed by atoms with E-state index in [9.17, 15) is 14.4 Å². The van der Waals surface area contributed by atoms with Gasteiger partial charge >= 0.3 is 11.9 Å². The summed E-state index contributed by atoms with van der Waals surface area (Å²) >= 11 is 0. The third kappa shape index (κ3) is 3.84. The number of fused-ring (bicyclic) bond motifs is 4. The topological polar surface area (TPSA) is 105 Å². The highest BCUT2D eigenvalue weighted by atomic mass is 16.5. The second-order valence-electron chi connectivity index (χ2n) is 11.3. The van der Waals surface area contributed by atoms with Gasteiger partial charge in [-0.2, -0.15) is 0 Å². The summed E-state index contributed by atoms with van der Waals surface area (Å²) in [7, 11) is 1.33. The zero-order chi connectivity index (χ0) is 27.5. The molecule has 0 unspecified atom stereocenters. The number of ketones is 1. The molecule has 3 aromatic rings. The molecule has 2 aromatic heterocycles. The molecular weight excluding hydrogens is 500 g/mol. The van der Waals surface area contributed by atoms with E-state index in [1.807, 2.05) is 13.0 Å². The Balaban J connectivity index is 1.40. The lowest BCUT2D eigenvalue weighted by Gasteiger charge is -2.60. The minimum atomic E-state index is -0.776. The van der Waals surface area contributed by atoms with E-state index in [1.165, 1.54) is 19.4 Å². The Bertz CT molecular complexity index is 1510. The summed E-state index contributed by atoms with van der Waals surface area (Å²) in [6, 6.07) is 8.57. The molecule has 0 radical (unpaired) electrons. The highest BCUT2D eigenvalue weighted by Crippen LogP contribution is 2.66. The molecule has 1 aliphatic heterocycles. The molecule has 0 amide bonds. The average Bonchev–Trinajstić information content (AvgIpc) is 3.61. The first-order valence-corrected chi connectivity index (χ1v) is 13.1. The molecule has 3 heterocycles. The zero-order valence-electron chi connectivity index (χ0n) is 22.1. The van der Waals surface area contributed by atoms with Crippen LogP contribution in [0, 0.1) is 28.6 Å². The average molecular weight is 531 g/mol. The Kier molecular flexibility index (Phi) is 5.82. The van der Waals surface area contributed by atoms with Gasteiger partial charge in [0.05, 0.1) is 43.1 Å². The van der Waals surface area contributed by atoms with Crippen LogP contribution in [-0.4, -0.2) is 24.8 Å². The molecule has 1 saturated heterocycles. The van der Waals surface area contributed by atoms with Gasteiger partial charge in [-0.25, -0.2) is 4.79 Å². The number of Topliss-reactive ketones (excluding diaryl/α,β-unsaturated/α-hetero) is 1. The molecule has 6 atom stereocenters. The molecule has 8 nitrogen and oxygen atoms in total. The number of hydrogen-bond donors (Lipinski definition) is 0. The Labute approximate surface area is 225 Å². The smallest absolute Gasteiger partial charge is 0.343 e. The number of rotatable bonds is 4. The van der Waals surface area contributed by atoms with Crippen LogP contribution in [0.15, 0.2) is 82.1 Å². The summed E-state index contributed by atoms with van der Waals surface area (Å²) in [5.41, 5.74) is 0.235. The van der Waals surface area contributed by atoms with Crippen molar-refractivity contribution in [2.75, 3.05) is 7.11 Å². The van der Waals surface area contributed by atoms with E-state index >= 15 is 0 Å². The van der Waals surface area contributed by atoms with Crippen molar-refractivity contribution in [3.8, 4) is 0 Å². The fourth-order valence-corrected chi connectivity index (χ4v) is 7.31. The van der Waals surface area contributed by atoms with Crippen molar-refractivity contribution in [3.63, 3.8) is 0 Å². The van der Waals surface area contributed by atoms with Crippen molar-refractivity contribution in [2.45, 2.75) is 39.2 Å². The minimum Gasteiger partial charge on any atom is -0.490 e. The minimum absolute atomic E-state index is 0.114. The Morgan fingerprint density at radius 2 is 1.92 bits per heavy atom. The van der Waals surface area contributed by atoms with E-state index < -0.39 is 34.6 Å². The summed E-state index contributed by atoms with van der Waals surface area (Å²) in [5.74, 6) is -2.55. The standard InChI is InChI=1S/C31H30O8/c1-17-21-7-10-30(2)22(29(34)35-4)14-24(39-28(33)19-6-5-18-9-12-37-23(18)13-19)26(32)27(30)31(21,3)15-25(38-17)20-8-11-36-16-20/h5-6,8-9,11-14,16,21-22,25,27H,1,7,10,15H2,2-4H3/t21-,22-,25-,27-,30-,31-/m0/s1. The molecule has 2 aliphatic carbocycles. The van der Waals surface area contributed by atoms with E-state index in [4.69, 9.17) is 23.0 Å². The van der Waals surface area contributed by atoms with Crippen molar-refractivity contribution in [1.82, 2.24) is 0 Å². The van der Waals surface area contributed by atoms with Crippen LogP contribution in [0.1, 0.15) is 55.1 Å². The SMILES string of the molecule is C=C1O[C@H](c2ccoc2)C[C@]2(C)[C@H]3C(=O)C(OC(=O)c4ccc5ccoc5c4)=C[C@@H](C(=O)OC)[C@]3(C)CC[C@@H]12. The van der Waals surface area contributed by atoms with Crippen LogP contribution < -0.4 is 0 Å². The monoisotopic (exact) mass is 530 g/mol. The van der Waals surface area contributed by atoms with Gasteiger partial charge in [0.2, 0.25) is 5.78 Å². The number of furan rings is 2. The molecule has 1 saturated carbocycles. The molecule has 1 aromatic carbocycles. The summed E-state index contributed by atoms with van der Waals surface area (Å²) in [5, 5.41) is 0.842. The predicted molar refractivity (Wildman–Crippen MR) is 139 cm³/mol. The van der Waals surface area contributed by atoms with Crippen LogP contribution in [0.3, 0.4) is 0 Å². The summed E-state index contributed by atoms with van der Waals surface area (Å²) in [4.78, 5) is 40.7. The molecule has 3 aliphatic rings. The molecule has 6 rings (SSSR count). The number of hydrogen-bond acceptors (Lipinski definition) is 8. The maximum Gasteiger partial charge on any atom is 0.343 e. The van der Waals surface area contributed by atoms with Gasteiger partial charge < -0.3 is 23.0 Å². The van der Waals surface area contributed by atoms with Gasteiger partial charge in [0.15, 0.2) is 5.76 Å². The van der Waals surface area contributed by atoms with E-state index in [0.717, 1.165) is 10.9 Å². The normalized spacial score (nSPS) is 32.0. The van der Waals surface area contributed by atoms with Gasteiger partial charge in [0.25, 0.3) is 0 Å². The molecule has 0 N–H and O–H groups in total. The lowest BCUT2D eigenvalue weighted by molar-refractivity contribution is -0.174. The number of carbonyl (C=O) groups excluding carboxylic acids is 3. The van der Waals surface area contributed by atoms with Crippen molar-refractivity contribution in [1.29, 1.82) is 0 Å². The van der Waals surface area contributed by atoms with Gasteiger partial charge in [-0.15, -0.1) is 0 Å². The molecule has 8 heteroatoms. The number of methoxy groups -OCH3 is 1. The van der Waals surface area contributed by atoms with Crippen molar-refractivity contribution >= 4 is 28.7 Å². The zero-order valence-corrected chi connectivity index (χ0v) is 22.1. The van der Waals surface area contributed by atoms with Gasteiger partial charge in [-0.05, 0) is 60.4 Å². The predicted octanol–water partition coefficient (Wildman–Crippen LogP) is 6.15. The van der Waals surface area contributed by atoms with E-state index in [-0.39, 0.29) is 29.1 Å². The van der Waals surface area contributed by atoms with Crippen molar-refractivity contribution < 1.29 is 37.4 Å². The summed E-state index contributed by atoms with van der Waals surface area (Å²) in [6.45, 7) is 8.24. The molecule has 0 spiro atoms. The molecule has 202 valence electrons. The number of ether oxygens (including phenoxy) is 3. The highest BCUT2D eigenvalue weighted by molar-refractivity contribution is 6.03. The first kappa shape index (κ1) is 25.2. The molecular formula is C31H30O8. The lowest BCUT2D eigenvalue weighted by Crippen LogP contribution is -2.60. The van der Waals surface area contributed by atoms with Crippen LogP contribution >= 0.6 is 0 Å². The maximum absolute atomic E-state index is 14.3. The molecule has 39 heavy (non-hydrogen) atoms. The molecule has 2 fully saturated rings. The van der Waals surface area contributed by atoms with Crippen LogP contribution in [0.4, 0.5) is 0 Å². The van der Waals surface area contributed by atoms with Crippen LogP contribution in [0.25, 0.3) is 11.0 Å². The van der Waals surface area contributed by atoms with E-state index in [1.54, 1.807) is 36.8 Å². The quantitative estimate of drug-likeness (QED) is 0.370. The lowest BCUT2D eigenvalue weighted by atomic mass is 9.44. The first-order chi connectivity index (χ1) is 18.7. The largest absolute Gasteiger partial charge is 0.490 e. The number of esters is 2. The second kappa shape index (κ2) is 9.00. The van der Waals surface area contributed by atoms with Gasteiger partial charge in [-0.3, -0.25) is 9.59 Å². The fourth-order valence-electron chi connectivity index (χ4n) is 7.31. The Hall–Kier alpha value is -4.07. The number of benzene rings is 1. The van der Waals surface area contributed by atoms with E-state index in [2.05, 4.69) is 13.5 Å².